The monoisotopic (exact) mass is 697 g/mol. The molecule has 4 aromatic carbocycles. The van der Waals surface area contributed by atoms with E-state index in [1.807, 2.05) is 60.7 Å². The predicted octanol–water partition coefficient (Wildman–Crippen LogP) is 6.35. The predicted molar refractivity (Wildman–Crippen MR) is 191 cm³/mol. The zero-order valence-corrected chi connectivity index (χ0v) is 28.5. The van der Waals surface area contributed by atoms with Gasteiger partial charge in [0.1, 0.15) is 5.82 Å². The Hall–Kier alpha value is -4.41. The van der Waals surface area contributed by atoms with E-state index in [2.05, 4.69) is 51.6 Å². The quantitative estimate of drug-likeness (QED) is 0.121. The summed E-state index contributed by atoms with van der Waals surface area (Å²) in [6.07, 6.45) is 0.644. The molecule has 252 valence electrons. The summed E-state index contributed by atoms with van der Waals surface area (Å²) in [5.41, 5.74) is 2.10. The van der Waals surface area contributed by atoms with E-state index in [4.69, 9.17) is 16.0 Å². The highest BCUT2D eigenvalue weighted by molar-refractivity contribution is 7.82. The maximum Gasteiger partial charge on any atom is 0.360 e. The summed E-state index contributed by atoms with van der Waals surface area (Å²) in [6, 6.07) is 40.8. The number of aromatic nitrogens is 2. The Morgan fingerprint density at radius 3 is 1.90 bits per heavy atom. The lowest BCUT2D eigenvalue weighted by molar-refractivity contribution is -0.141. The van der Waals surface area contributed by atoms with E-state index in [-0.39, 0.29) is 24.8 Å². The molecule has 0 aliphatic carbocycles. The van der Waals surface area contributed by atoms with Gasteiger partial charge in [-0.2, -0.15) is 4.98 Å². The van der Waals surface area contributed by atoms with Crippen LogP contribution in [0.15, 0.2) is 138 Å². The van der Waals surface area contributed by atoms with Gasteiger partial charge in [0.2, 0.25) is 0 Å². The molecule has 2 heterocycles. The van der Waals surface area contributed by atoms with Crippen LogP contribution in [-0.4, -0.2) is 62.7 Å². The van der Waals surface area contributed by atoms with Crippen LogP contribution >= 0.6 is 18.1 Å². The highest BCUT2D eigenvalue weighted by Crippen LogP contribution is 2.49. The molecule has 6 rings (SSSR count). The van der Waals surface area contributed by atoms with Crippen LogP contribution in [0.2, 0.25) is 0 Å². The molecule has 1 aliphatic rings. The molecule has 3 unspecified atom stereocenters. The minimum absolute atomic E-state index is 0.119. The van der Waals surface area contributed by atoms with Crippen molar-refractivity contribution in [2.75, 3.05) is 32.0 Å². The zero-order valence-electron chi connectivity index (χ0n) is 26.9. The van der Waals surface area contributed by atoms with Gasteiger partial charge in [0.25, 0.3) is 5.91 Å². The van der Waals surface area contributed by atoms with Crippen LogP contribution in [0, 0.1) is 0 Å². The minimum atomic E-state index is -4.00. The first-order valence-electron chi connectivity index (χ1n) is 15.9. The Balaban J connectivity index is 1.43. The number of amides is 1. The minimum Gasteiger partial charge on any atom is -0.352 e. The number of carbonyl (C=O) groups excluding carboxylic acids is 1. The number of carbonyl (C=O) groups is 1. The van der Waals surface area contributed by atoms with Crippen LogP contribution in [0.25, 0.3) is 0 Å². The number of rotatable bonds is 11. The number of ether oxygens (including phenoxy) is 1. The van der Waals surface area contributed by atoms with Crippen molar-refractivity contribution in [3.8, 4) is 0 Å². The van der Waals surface area contributed by atoms with Crippen LogP contribution in [0.3, 0.4) is 0 Å². The molecule has 0 saturated carbocycles. The van der Waals surface area contributed by atoms with Crippen molar-refractivity contribution in [3.63, 3.8) is 0 Å². The fourth-order valence-electron chi connectivity index (χ4n) is 6.42. The summed E-state index contributed by atoms with van der Waals surface area (Å²) in [5, 5.41) is 2.70. The smallest absolute Gasteiger partial charge is 0.352 e. The zero-order chi connectivity index (χ0) is 34.4. The fraction of sp³-hybridized carbons (Fsp3) is 0.216. The molecule has 1 aliphatic heterocycles. The van der Waals surface area contributed by atoms with Gasteiger partial charge in [0.05, 0.1) is 11.6 Å². The molecular formula is C37H37ClN5O5P. The molecule has 5 aromatic rings. The molecule has 0 bridgehead atoms. The molecule has 1 aromatic heterocycles. The summed E-state index contributed by atoms with van der Waals surface area (Å²) in [7, 11) is 1.49. The van der Waals surface area contributed by atoms with E-state index < -0.39 is 30.4 Å². The number of halogens is 1. The number of nitrogens with one attached hydrogen (secondary N) is 1. The highest BCUT2D eigenvalue weighted by atomic mass is 35.7. The maximum absolute atomic E-state index is 13.6. The lowest BCUT2D eigenvalue weighted by Gasteiger charge is -2.50. The number of benzene rings is 4. The van der Waals surface area contributed by atoms with Gasteiger partial charge in [-0.05, 0) is 59.6 Å². The van der Waals surface area contributed by atoms with Gasteiger partial charge in [0, 0.05) is 31.4 Å². The normalized spacial score (nSPS) is 18.1. The Bertz CT molecular complexity index is 1870. The van der Waals surface area contributed by atoms with Crippen LogP contribution in [-0.2, 0) is 14.8 Å². The van der Waals surface area contributed by atoms with Crippen LogP contribution in [0.5, 0.6) is 0 Å². The van der Waals surface area contributed by atoms with Crippen molar-refractivity contribution < 1.29 is 19.0 Å². The SMILES string of the molecule is CN(CCC1CN(C(c2ccccc2)(c2ccccc2)c2ccccc2)CC(n2ccc(NC(=O)c3ccccc3)nc2=O)O1)P(=O)(O)Cl. The second kappa shape index (κ2) is 15.0. The van der Waals surface area contributed by atoms with Gasteiger partial charge in [0.15, 0.2) is 6.23 Å². The number of morpholine rings is 1. The van der Waals surface area contributed by atoms with Crippen molar-refractivity contribution in [3.05, 3.63) is 166 Å². The summed E-state index contributed by atoms with van der Waals surface area (Å²) in [6.45, 7) is -3.11. The van der Waals surface area contributed by atoms with Gasteiger partial charge in [-0.15, -0.1) is 0 Å². The van der Waals surface area contributed by atoms with Crippen molar-refractivity contribution in [1.82, 2.24) is 19.1 Å². The molecule has 1 saturated heterocycles. The Labute approximate surface area is 289 Å². The van der Waals surface area contributed by atoms with Crippen LogP contribution in [0.4, 0.5) is 5.82 Å². The number of anilines is 1. The number of hydrogen-bond acceptors (Lipinski definition) is 6. The molecule has 3 atom stereocenters. The van der Waals surface area contributed by atoms with E-state index >= 15 is 0 Å². The van der Waals surface area contributed by atoms with Gasteiger partial charge in [-0.25, -0.2) is 9.46 Å². The van der Waals surface area contributed by atoms with Gasteiger partial charge in [-0.3, -0.25) is 18.8 Å². The molecule has 12 heteroatoms. The first-order chi connectivity index (χ1) is 23.7. The molecule has 49 heavy (non-hydrogen) atoms. The van der Waals surface area contributed by atoms with Crippen molar-refractivity contribution in [1.29, 1.82) is 0 Å². The van der Waals surface area contributed by atoms with E-state index in [0.29, 0.717) is 18.5 Å². The lowest BCUT2D eigenvalue weighted by Crippen LogP contribution is -2.57. The number of nitrogens with zero attached hydrogens (tertiary/aromatic N) is 4. The topological polar surface area (TPSA) is 117 Å². The Morgan fingerprint density at radius 2 is 1.41 bits per heavy atom. The Kier molecular flexibility index (Phi) is 10.6. The second-order valence-electron chi connectivity index (χ2n) is 11.9. The van der Waals surface area contributed by atoms with Crippen molar-refractivity contribution >= 4 is 29.8 Å². The summed E-state index contributed by atoms with van der Waals surface area (Å²) in [5.74, 6) is -0.262. The van der Waals surface area contributed by atoms with Crippen LogP contribution < -0.4 is 11.0 Å². The average molecular weight is 698 g/mol. The summed E-state index contributed by atoms with van der Waals surface area (Å²) >= 11 is 5.78. The molecule has 10 nitrogen and oxygen atoms in total. The van der Waals surface area contributed by atoms with Crippen molar-refractivity contribution in [2.24, 2.45) is 0 Å². The average Bonchev–Trinajstić information content (AvgIpc) is 3.12. The van der Waals surface area contributed by atoms with Gasteiger partial charge < -0.3 is 14.9 Å². The third kappa shape index (κ3) is 7.60. The molecule has 1 amide bonds. The summed E-state index contributed by atoms with van der Waals surface area (Å²) < 4.78 is 21.4. The molecule has 0 spiro atoms. The maximum atomic E-state index is 13.6. The van der Waals surface area contributed by atoms with Gasteiger partial charge >= 0.3 is 12.6 Å². The lowest BCUT2D eigenvalue weighted by atomic mass is 9.75. The van der Waals surface area contributed by atoms with E-state index in [0.717, 1.165) is 16.7 Å². The van der Waals surface area contributed by atoms with E-state index in [1.54, 1.807) is 36.5 Å². The van der Waals surface area contributed by atoms with Gasteiger partial charge in [-0.1, -0.05) is 109 Å². The number of hydrogen-bond donors (Lipinski definition) is 2. The molecule has 2 N–H and O–H groups in total. The first-order valence-corrected chi connectivity index (χ1v) is 18.4. The standard InChI is InChI=1S/C37H37ClN5O5P/c1-41(49(38,46)47)24-22-32-26-42(27-34(48-32)43-25-23-33(40-36(43)45)39-35(44)28-14-6-2-7-15-28)37(29-16-8-3-9-17-29,30-18-10-4-11-19-30)31-20-12-5-13-21-31/h2-21,23,25,32,34H,22,24,26-27H2,1H3,(H,46,47)(H,39,40,44,45). The van der Waals surface area contributed by atoms with Crippen molar-refractivity contribution in [2.45, 2.75) is 24.3 Å². The molecule has 1 fully saturated rings. The summed E-state index contributed by atoms with van der Waals surface area (Å²) in [4.78, 5) is 42.9. The first kappa shape index (κ1) is 34.5. The fourth-order valence-corrected chi connectivity index (χ4v) is 7.01. The third-order valence-corrected chi connectivity index (χ3v) is 10.6. The Morgan fingerprint density at radius 1 is 0.898 bits per heavy atom. The second-order valence-corrected chi connectivity index (χ2v) is 14.8. The van der Waals surface area contributed by atoms with E-state index in [9.17, 15) is 19.0 Å². The molecular weight excluding hydrogens is 661 g/mol. The third-order valence-electron chi connectivity index (χ3n) is 8.81. The largest absolute Gasteiger partial charge is 0.360 e. The molecule has 0 radical (unpaired) electrons. The highest BCUT2D eigenvalue weighted by Gasteiger charge is 2.46. The van der Waals surface area contributed by atoms with E-state index in [1.165, 1.54) is 16.3 Å². The van der Waals surface area contributed by atoms with Crippen LogP contribution in [0.1, 0.15) is 39.7 Å².